The maximum absolute atomic E-state index is 11.7. The van der Waals surface area contributed by atoms with Gasteiger partial charge in [-0.15, -0.1) is 0 Å². The number of fused-ring (bicyclic) bond motifs is 1. The van der Waals surface area contributed by atoms with E-state index in [2.05, 4.69) is 25.8 Å². The zero-order valence-electron chi connectivity index (χ0n) is 12.8. The topological polar surface area (TPSA) is 77.7 Å². The summed E-state index contributed by atoms with van der Waals surface area (Å²) in [6, 6.07) is 1.76. The number of ether oxygens (including phenoxy) is 2. The van der Waals surface area contributed by atoms with E-state index in [0.29, 0.717) is 21.0 Å². The summed E-state index contributed by atoms with van der Waals surface area (Å²) < 4.78 is 11.1. The van der Waals surface area contributed by atoms with E-state index >= 15 is 0 Å². The average Bonchev–Trinajstić information content (AvgIpc) is 3.07. The van der Waals surface area contributed by atoms with Crippen molar-refractivity contribution in [1.82, 2.24) is 4.98 Å². The summed E-state index contributed by atoms with van der Waals surface area (Å²) in [7, 11) is 2.86. The number of hydrogen-bond acceptors (Lipinski definition) is 6. The molecule has 7 nitrogen and oxygen atoms in total. The van der Waals surface area contributed by atoms with Gasteiger partial charge in [-0.25, -0.2) is 4.98 Å². The summed E-state index contributed by atoms with van der Waals surface area (Å²) in [5, 5.41) is 12.8. The van der Waals surface area contributed by atoms with Crippen LogP contribution < -0.4 is 14.4 Å². The highest BCUT2D eigenvalue weighted by Crippen LogP contribution is 2.47. The summed E-state index contributed by atoms with van der Waals surface area (Å²) in [5.74, 6) is 1.18. The monoisotopic (exact) mass is 381 g/mol. The molecule has 1 aliphatic rings. The van der Waals surface area contributed by atoms with Crippen molar-refractivity contribution < 1.29 is 14.4 Å². The van der Waals surface area contributed by atoms with Crippen LogP contribution in [0.1, 0.15) is 12.8 Å². The van der Waals surface area contributed by atoms with Gasteiger partial charge in [-0.1, -0.05) is 0 Å². The fourth-order valence-corrected chi connectivity index (χ4v) is 3.50. The van der Waals surface area contributed by atoms with Crippen LogP contribution in [-0.4, -0.2) is 37.2 Å². The SMILES string of the molecule is COc1cc2c(N3CCCC3)ncc(Br)c2c([N+](=O)[O-])c1OC. The molecule has 1 aromatic carbocycles. The van der Waals surface area contributed by atoms with E-state index in [0.717, 1.165) is 31.7 Å². The van der Waals surface area contributed by atoms with Gasteiger partial charge in [-0.2, -0.15) is 0 Å². The van der Waals surface area contributed by atoms with Crippen LogP contribution in [0.3, 0.4) is 0 Å². The number of nitro benzene ring substituents is 1. The molecular weight excluding hydrogens is 366 g/mol. The standard InChI is InChI=1S/C15H16BrN3O4/c1-22-11-7-9-12(13(19(20)21)14(11)23-2)10(16)8-17-15(9)18-5-3-4-6-18/h7-8H,3-6H2,1-2H3. The molecule has 122 valence electrons. The van der Waals surface area contributed by atoms with Gasteiger partial charge in [0.05, 0.1) is 29.0 Å². The summed E-state index contributed by atoms with van der Waals surface area (Å²) in [4.78, 5) is 17.8. The Balaban J connectivity index is 2.40. The number of aromatic nitrogens is 1. The molecule has 0 unspecified atom stereocenters. The number of halogens is 1. The molecule has 0 bridgehead atoms. The van der Waals surface area contributed by atoms with Crippen LogP contribution in [0.5, 0.6) is 11.5 Å². The molecule has 8 heteroatoms. The van der Waals surface area contributed by atoms with Crippen molar-refractivity contribution in [3.63, 3.8) is 0 Å². The molecule has 2 heterocycles. The van der Waals surface area contributed by atoms with E-state index in [9.17, 15) is 10.1 Å². The van der Waals surface area contributed by atoms with Crippen LogP contribution in [-0.2, 0) is 0 Å². The Hall–Kier alpha value is -2.09. The van der Waals surface area contributed by atoms with Crippen LogP contribution >= 0.6 is 15.9 Å². The van der Waals surface area contributed by atoms with E-state index in [1.807, 2.05) is 0 Å². The van der Waals surface area contributed by atoms with Crippen LogP contribution in [0.25, 0.3) is 10.8 Å². The lowest BCUT2D eigenvalue weighted by Gasteiger charge is -2.20. The lowest BCUT2D eigenvalue weighted by molar-refractivity contribution is -0.384. The number of methoxy groups -OCH3 is 2. The smallest absolute Gasteiger partial charge is 0.323 e. The molecule has 1 saturated heterocycles. The lowest BCUT2D eigenvalue weighted by Crippen LogP contribution is -2.19. The van der Waals surface area contributed by atoms with E-state index in [1.165, 1.54) is 14.2 Å². The van der Waals surface area contributed by atoms with E-state index in [4.69, 9.17) is 9.47 Å². The second-order valence-electron chi connectivity index (χ2n) is 5.26. The molecule has 1 aliphatic heterocycles. The highest BCUT2D eigenvalue weighted by molar-refractivity contribution is 9.10. The Bertz CT molecular complexity index is 775. The summed E-state index contributed by atoms with van der Waals surface area (Å²) in [6.07, 6.45) is 3.79. The molecule has 3 rings (SSSR count). The van der Waals surface area contributed by atoms with Crippen LogP contribution in [0.4, 0.5) is 11.5 Å². The highest BCUT2D eigenvalue weighted by Gasteiger charge is 2.29. The number of pyridine rings is 1. The van der Waals surface area contributed by atoms with Crippen LogP contribution in [0, 0.1) is 10.1 Å². The minimum absolute atomic E-state index is 0.114. The maximum atomic E-state index is 11.7. The Kier molecular flexibility index (Phi) is 4.25. The summed E-state index contributed by atoms with van der Waals surface area (Å²) in [5.41, 5.74) is -0.114. The average molecular weight is 382 g/mol. The molecule has 0 saturated carbocycles. The largest absolute Gasteiger partial charge is 0.493 e. The number of nitro groups is 1. The summed E-state index contributed by atoms with van der Waals surface area (Å²) in [6.45, 7) is 1.79. The van der Waals surface area contributed by atoms with E-state index < -0.39 is 4.92 Å². The van der Waals surface area contributed by atoms with Gasteiger partial charge in [0.1, 0.15) is 5.82 Å². The molecule has 0 N–H and O–H groups in total. The van der Waals surface area contributed by atoms with Gasteiger partial charge in [0.25, 0.3) is 0 Å². The zero-order chi connectivity index (χ0) is 16.6. The minimum atomic E-state index is -0.442. The quantitative estimate of drug-likeness (QED) is 0.595. The first-order valence-corrected chi connectivity index (χ1v) is 8.00. The van der Waals surface area contributed by atoms with Crippen molar-refractivity contribution in [3.05, 3.63) is 26.9 Å². The normalized spacial score (nSPS) is 14.3. The molecule has 2 aromatic rings. The number of rotatable bonds is 4. The first-order chi connectivity index (χ1) is 11.1. The van der Waals surface area contributed by atoms with Gasteiger partial charge in [-0.05, 0) is 34.8 Å². The van der Waals surface area contributed by atoms with Gasteiger partial charge in [-0.3, -0.25) is 10.1 Å². The number of hydrogen-bond donors (Lipinski definition) is 0. The predicted octanol–water partition coefficient (Wildman–Crippen LogP) is 3.52. The molecule has 0 spiro atoms. The Morgan fingerprint density at radius 3 is 2.57 bits per heavy atom. The van der Waals surface area contributed by atoms with Gasteiger partial charge in [0, 0.05) is 24.7 Å². The third-order valence-corrected chi connectivity index (χ3v) is 4.61. The highest BCUT2D eigenvalue weighted by atomic mass is 79.9. The first kappa shape index (κ1) is 15.8. The van der Waals surface area contributed by atoms with Crippen molar-refractivity contribution >= 4 is 38.2 Å². The molecule has 1 fully saturated rings. The third-order valence-electron chi connectivity index (χ3n) is 4.01. The van der Waals surface area contributed by atoms with Crippen molar-refractivity contribution in [2.45, 2.75) is 12.8 Å². The fraction of sp³-hybridized carbons (Fsp3) is 0.400. The maximum Gasteiger partial charge on any atom is 0.323 e. The number of benzene rings is 1. The molecule has 0 radical (unpaired) electrons. The minimum Gasteiger partial charge on any atom is -0.493 e. The van der Waals surface area contributed by atoms with E-state index in [1.54, 1.807) is 12.3 Å². The number of nitrogens with zero attached hydrogens (tertiary/aromatic N) is 3. The molecule has 0 atom stereocenters. The Morgan fingerprint density at radius 2 is 2.00 bits per heavy atom. The fourth-order valence-electron chi connectivity index (χ4n) is 3.00. The van der Waals surface area contributed by atoms with Crippen molar-refractivity contribution in [3.8, 4) is 11.5 Å². The first-order valence-electron chi connectivity index (χ1n) is 7.21. The molecule has 0 amide bonds. The Labute approximate surface area is 141 Å². The van der Waals surface area contributed by atoms with Crippen molar-refractivity contribution in [2.24, 2.45) is 0 Å². The van der Waals surface area contributed by atoms with Crippen molar-refractivity contribution in [1.29, 1.82) is 0 Å². The van der Waals surface area contributed by atoms with Gasteiger partial charge < -0.3 is 14.4 Å². The van der Waals surface area contributed by atoms with E-state index in [-0.39, 0.29) is 11.4 Å². The van der Waals surface area contributed by atoms with Crippen molar-refractivity contribution in [2.75, 3.05) is 32.2 Å². The van der Waals surface area contributed by atoms with Crippen LogP contribution in [0.2, 0.25) is 0 Å². The second-order valence-corrected chi connectivity index (χ2v) is 6.12. The predicted molar refractivity (Wildman–Crippen MR) is 90.6 cm³/mol. The van der Waals surface area contributed by atoms with Gasteiger partial charge in [0.15, 0.2) is 5.75 Å². The molecule has 23 heavy (non-hydrogen) atoms. The second kappa shape index (κ2) is 6.19. The third kappa shape index (κ3) is 2.56. The molecule has 1 aromatic heterocycles. The van der Waals surface area contributed by atoms with Crippen LogP contribution in [0.15, 0.2) is 16.7 Å². The zero-order valence-corrected chi connectivity index (χ0v) is 14.4. The molecular formula is C15H16BrN3O4. The molecule has 0 aliphatic carbocycles. The Morgan fingerprint density at radius 1 is 1.30 bits per heavy atom. The lowest BCUT2D eigenvalue weighted by atomic mass is 10.1. The van der Waals surface area contributed by atoms with Gasteiger partial charge in [0.2, 0.25) is 5.75 Å². The summed E-state index contributed by atoms with van der Waals surface area (Å²) >= 11 is 3.39. The number of anilines is 1. The van der Waals surface area contributed by atoms with Gasteiger partial charge >= 0.3 is 5.69 Å².